The van der Waals surface area contributed by atoms with Gasteiger partial charge in [-0.05, 0) is 115 Å². The normalized spacial score (nSPS) is 14.4. The highest BCUT2D eigenvalue weighted by Gasteiger charge is 2.52. The number of rotatable bonds is 6. The molecule has 0 bridgehead atoms. The third kappa shape index (κ3) is 5.25. The zero-order valence-electron chi connectivity index (χ0n) is 34.4. The quantitative estimate of drug-likeness (QED) is 0.167. The van der Waals surface area contributed by atoms with Crippen LogP contribution in [0.25, 0.3) is 77.6 Å². The Morgan fingerprint density at radius 2 is 0.841 bits per heavy atom. The van der Waals surface area contributed by atoms with Crippen molar-refractivity contribution in [3.63, 3.8) is 0 Å². The fraction of sp³-hybridized carbons (Fsp3) is 0.0164. The first kappa shape index (κ1) is 35.5. The van der Waals surface area contributed by atoms with Gasteiger partial charge in [0, 0.05) is 27.6 Å². The molecule has 1 aromatic heterocycles. The van der Waals surface area contributed by atoms with Crippen molar-refractivity contribution in [2.24, 2.45) is 0 Å². The number of anilines is 3. The average molecular weight is 802 g/mol. The molecular weight excluding hydrogens is 763 g/mol. The van der Waals surface area contributed by atoms with Crippen molar-refractivity contribution < 1.29 is 4.42 Å². The summed E-state index contributed by atoms with van der Waals surface area (Å²) in [5.41, 5.74) is 22.0. The van der Waals surface area contributed by atoms with Crippen LogP contribution in [0.2, 0.25) is 0 Å². The Balaban J connectivity index is 1.04. The minimum atomic E-state index is -0.511. The van der Waals surface area contributed by atoms with Gasteiger partial charge in [0.25, 0.3) is 0 Å². The van der Waals surface area contributed by atoms with Crippen LogP contribution < -0.4 is 4.90 Å². The molecule has 2 nitrogen and oxygen atoms in total. The third-order valence-corrected chi connectivity index (χ3v) is 13.5. The van der Waals surface area contributed by atoms with Gasteiger partial charge in [0.05, 0.1) is 16.8 Å². The number of fused-ring (bicyclic) bond motifs is 13. The maximum atomic E-state index is 6.32. The summed E-state index contributed by atoms with van der Waals surface area (Å²) >= 11 is 0. The van der Waals surface area contributed by atoms with Crippen molar-refractivity contribution >= 4 is 39.0 Å². The van der Waals surface area contributed by atoms with Gasteiger partial charge in [0.1, 0.15) is 11.2 Å². The van der Waals surface area contributed by atoms with E-state index in [1.165, 1.54) is 66.8 Å². The molecule has 0 saturated carbocycles. The molecule has 1 spiro atoms. The number of furan rings is 1. The van der Waals surface area contributed by atoms with Crippen LogP contribution in [-0.4, -0.2) is 0 Å². The number of hydrogen-bond donors (Lipinski definition) is 0. The van der Waals surface area contributed by atoms with Crippen molar-refractivity contribution in [1.82, 2.24) is 0 Å². The topological polar surface area (TPSA) is 16.4 Å². The molecule has 294 valence electrons. The SMILES string of the molecule is c1ccc(-c2ccc3c(c2)C2(c4ccccc4-3)c3ccccc3-c3c(N(c4ccc(-c5ccc6c(c5)oc5ccccc56)cc4)c4ccccc4-c4ccccc4)cccc32)cc1. The predicted octanol–water partition coefficient (Wildman–Crippen LogP) is 16.4. The summed E-state index contributed by atoms with van der Waals surface area (Å²) in [5.74, 6) is 0. The summed E-state index contributed by atoms with van der Waals surface area (Å²) in [6.07, 6.45) is 0. The fourth-order valence-electron chi connectivity index (χ4n) is 10.8. The van der Waals surface area contributed by atoms with Gasteiger partial charge < -0.3 is 9.32 Å². The first-order valence-electron chi connectivity index (χ1n) is 21.8. The van der Waals surface area contributed by atoms with Crippen LogP contribution in [-0.2, 0) is 5.41 Å². The van der Waals surface area contributed by atoms with Crippen molar-refractivity contribution in [2.75, 3.05) is 4.90 Å². The van der Waals surface area contributed by atoms with Gasteiger partial charge >= 0.3 is 0 Å². The van der Waals surface area contributed by atoms with E-state index in [9.17, 15) is 0 Å². The summed E-state index contributed by atoms with van der Waals surface area (Å²) < 4.78 is 6.32. The average Bonchev–Trinajstić information content (AvgIpc) is 3.99. The molecule has 2 aliphatic rings. The second-order valence-electron chi connectivity index (χ2n) is 16.7. The van der Waals surface area contributed by atoms with Crippen LogP contribution in [0.4, 0.5) is 17.1 Å². The van der Waals surface area contributed by atoms with Crippen LogP contribution in [0.3, 0.4) is 0 Å². The maximum absolute atomic E-state index is 6.32. The van der Waals surface area contributed by atoms with Crippen LogP contribution in [0.15, 0.2) is 241 Å². The maximum Gasteiger partial charge on any atom is 0.136 e. The Kier molecular flexibility index (Phi) is 7.85. The fourth-order valence-corrected chi connectivity index (χ4v) is 10.8. The van der Waals surface area contributed by atoms with Crippen LogP contribution >= 0.6 is 0 Å². The Morgan fingerprint density at radius 3 is 1.65 bits per heavy atom. The third-order valence-electron chi connectivity index (χ3n) is 13.5. The van der Waals surface area contributed by atoms with Crippen molar-refractivity contribution in [3.8, 4) is 55.6 Å². The lowest BCUT2D eigenvalue weighted by atomic mass is 9.70. The number of benzene rings is 10. The van der Waals surface area contributed by atoms with E-state index < -0.39 is 5.41 Å². The predicted molar refractivity (Wildman–Crippen MR) is 261 cm³/mol. The molecule has 0 aliphatic heterocycles. The molecular formula is C61H39NO. The summed E-state index contributed by atoms with van der Waals surface area (Å²) in [7, 11) is 0. The summed E-state index contributed by atoms with van der Waals surface area (Å²) in [6, 6.07) is 86.6. The van der Waals surface area contributed by atoms with E-state index in [0.717, 1.165) is 50.1 Å². The van der Waals surface area contributed by atoms with E-state index in [1.807, 2.05) is 12.1 Å². The number of para-hydroxylation sites is 2. The van der Waals surface area contributed by atoms with Crippen LogP contribution in [0.5, 0.6) is 0 Å². The van der Waals surface area contributed by atoms with Gasteiger partial charge in [-0.1, -0.05) is 188 Å². The van der Waals surface area contributed by atoms with E-state index in [0.29, 0.717) is 0 Å². The Morgan fingerprint density at radius 1 is 0.302 bits per heavy atom. The standard InChI is InChI=1S/C61H39NO/c1-3-16-40(17-4-1)43-32-36-48-47-21-7-11-24-52(47)61(55(48)38-43)53-25-12-8-23-51(53)60-54(61)26-15-28-57(60)62(56-27-13-9-20-46(56)42-18-5-2-6-19-42)45-34-30-41(31-35-45)44-33-37-50-49-22-10-14-29-58(49)63-59(50)39-44/h1-39H. The summed E-state index contributed by atoms with van der Waals surface area (Å²) in [4.78, 5) is 2.49. The highest BCUT2D eigenvalue weighted by molar-refractivity contribution is 6.06. The van der Waals surface area contributed by atoms with Crippen LogP contribution in [0, 0.1) is 0 Å². The highest BCUT2D eigenvalue weighted by atomic mass is 16.3. The van der Waals surface area contributed by atoms with Gasteiger partial charge in [-0.2, -0.15) is 0 Å². The Labute approximate surface area is 366 Å². The van der Waals surface area contributed by atoms with Gasteiger partial charge in [0.15, 0.2) is 0 Å². The van der Waals surface area contributed by atoms with E-state index in [4.69, 9.17) is 4.42 Å². The molecule has 0 amide bonds. The lowest BCUT2D eigenvalue weighted by Gasteiger charge is -2.32. The lowest BCUT2D eigenvalue weighted by molar-refractivity contribution is 0.669. The second-order valence-corrected chi connectivity index (χ2v) is 16.7. The smallest absolute Gasteiger partial charge is 0.136 e. The molecule has 0 fully saturated rings. The monoisotopic (exact) mass is 801 g/mol. The molecule has 0 radical (unpaired) electrons. The molecule has 0 N–H and O–H groups in total. The van der Waals surface area contributed by atoms with E-state index in [2.05, 4.69) is 229 Å². The van der Waals surface area contributed by atoms with E-state index in [1.54, 1.807) is 0 Å². The first-order chi connectivity index (χ1) is 31.3. The Bertz CT molecular complexity index is 3570. The van der Waals surface area contributed by atoms with Gasteiger partial charge in [-0.25, -0.2) is 0 Å². The largest absolute Gasteiger partial charge is 0.456 e. The molecule has 0 saturated heterocycles. The zero-order chi connectivity index (χ0) is 41.5. The van der Waals surface area contributed by atoms with E-state index in [-0.39, 0.29) is 0 Å². The van der Waals surface area contributed by atoms with Gasteiger partial charge in [0.2, 0.25) is 0 Å². The minimum absolute atomic E-state index is 0.511. The van der Waals surface area contributed by atoms with Crippen LogP contribution in [0.1, 0.15) is 22.3 Å². The molecule has 10 aromatic carbocycles. The van der Waals surface area contributed by atoms with E-state index >= 15 is 0 Å². The Hall–Kier alpha value is -8.20. The summed E-state index contributed by atoms with van der Waals surface area (Å²) in [5, 5.41) is 2.27. The molecule has 2 heteroatoms. The first-order valence-corrected chi connectivity index (χ1v) is 21.8. The second kappa shape index (κ2) is 13.9. The highest BCUT2D eigenvalue weighted by Crippen LogP contribution is 2.65. The lowest BCUT2D eigenvalue weighted by Crippen LogP contribution is -2.26. The number of nitrogens with zero attached hydrogens (tertiary/aromatic N) is 1. The molecule has 63 heavy (non-hydrogen) atoms. The molecule has 1 atom stereocenters. The summed E-state index contributed by atoms with van der Waals surface area (Å²) in [6.45, 7) is 0. The molecule has 2 aliphatic carbocycles. The van der Waals surface area contributed by atoms with Gasteiger partial charge in [-0.15, -0.1) is 0 Å². The van der Waals surface area contributed by atoms with Crippen molar-refractivity contribution in [3.05, 3.63) is 259 Å². The van der Waals surface area contributed by atoms with Crippen molar-refractivity contribution in [2.45, 2.75) is 5.41 Å². The molecule has 11 aromatic rings. The molecule has 13 rings (SSSR count). The van der Waals surface area contributed by atoms with Crippen molar-refractivity contribution in [1.29, 1.82) is 0 Å². The molecule has 1 heterocycles. The zero-order valence-corrected chi connectivity index (χ0v) is 34.4. The number of hydrogen-bond acceptors (Lipinski definition) is 2. The van der Waals surface area contributed by atoms with Gasteiger partial charge in [-0.3, -0.25) is 0 Å². The minimum Gasteiger partial charge on any atom is -0.456 e. The molecule has 1 unspecified atom stereocenters.